The van der Waals surface area contributed by atoms with Crippen LogP contribution in [-0.2, 0) is 4.74 Å². The number of aliphatic imine (C=N–C) groups is 1. The average molecular weight is 472 g/mol. The minimum atomic E-state index is 0. The van der Waals surface area contributed by atoms with Gasteiger partial charge in [-0.25, -0.2) is 0 Å². The summed E-state index contributed by atoms with van der Waals surface area (Å²) < 4.78 is 5.33. The van der Waals surface area contributed by atoms with Crippen molar-refractivity contribution in [2.24, 2.45) is 10.4 Å². The van der Waals surface area contributed by atoms with Gasteiger partial charge < -0.3 is 20.3 Å². The van der Waals surface area contributed by atoms with Gasteiger partial charge in [-0.2, -0.15) is 0 Å². The molecule has 0 aliphatic carbocycles. The Morgan fingerprint density at radius 3 is 2.65 bits per heavy atom. The van der Waals surface area contributed by atoms with Gasteiger partial charge in [-0.3, -0.25) is 4.99 Å². The first kappa shape index (κ1) is 21.3. The van der Waals surface area contributed by atoms with E-state index in [-0.39, 0.29) is 35.4 Å². The van der Waals surface area contributed by atoms with Crippen LogP contribution in [0.15, 0.2) is 29.3 Å². The number of benzene rings is 1. The lowest BCUT2D eigenvalue weighted by Crippen LogP contribution is -2.44. The highest BCUT2D eigenvalue weighted by atomic mass is 127. The lowest BCUT2D eigenvalue weighted by atomic mass is 9.89. The van der Waals surface area contributed by atoms with E-state index in [9.17, 15) is 0 Å². The Kier molecular flexibility index (Phi) is 8.01. The second-order valence-corrected chi connectivity index (χ2v) is 7.65. The van der Waals surface area contributed by atoms with Gasteiger partial charge >= 0.3 is 0 Å². The molecule has 146 valence electrons. The molecular formula is C20H33IN4O. The Morgan fingerprint density at radius 1 is 1.31 bits per heavy atom. The largest absolute Gasteiger partial charge is 0.380 e. The lowest BCUT2D eigenvalue weighted by Gasteiger charge is -2.36. The number of ether oxygens (including phenoxy) is 1. The number of halogens is 1. The standard InChI is InChI=1S/C20H32N4O.HI/c1-4-21-19(22-13-20(3)14-25-15-20)23-16(2)17-8-7-9-18(12-17)24-10-5-6-11-24;/h7-9,12,16H,4-6,10-11,13-15H2,1-3H3,(H2,21,22,23);1H. The van der Waals surface area contributed by atoms with Gasteiger partial charge in [0.15, 0.2) is 5.96 Å². The molecule has 0 aromatic heterocycles. The molecule has 2 N–H and O–H groups in total. The smallest absolute Gasteiger partial charge is 0.191 e. The van der Waals surface area contributed by atoms with E-state index in [1.54, 1.807) is 0 Å². The minimum absolute atomic E-state index is 0. The quantitative estimate of drug-likeness (QED) is 0.378. The summed E-state index contributed by atoms with van der Waals surface area (Å²) in [6, 6.07) is 9.11. The Balaban J connectivity index is 0.00000243. The van der Waals surface area contributed by atoms with Crippen molar-refractivity contribution in [2.45, 2.75) is 39.7 Å². The maximum atomic E-state index is 5.33. The Labute approximate surface area is 175 Å². The van der Waals surface area contributed by atoms with Crippen molar-refractivity contribution in [1.29, 1.82) is 0 Å². The van der Waals surface area contributed by atoms with Crippen LogP contribution in [0.5, 0.6) is 0 Å². The molecule has 2 heterocycles. The summed E-state index contributed by atoms with van der Waals surface area (Å²) in [5, 5.41) is 6.91. The Bertz CT molecular complexity index is 597. The summed E-state index contributed by atoms with van der Waals surface area (Å²) in [5.74, 6) is 0.884. The monoisotopic (exact) mass is 472 g/mol. The summed E-state index contributed by atoms with van der Waals surface area (Å²) in [6.07, 6.45) is 2.61. The first-order valence-electron chi connectivity index (χ1n) is 9.57. The van der Waals surface area contributed by atoms with Crippen molar-refractivity contribution in [1.82, 2.24) is 10.6 Å². The average Bonchev–Trinajstić information content (AvgIpc) is 3.13. The number of hydrogen-bond acceptors (Lipinski definition) is 3. The minimum Gasteiger partial charge on any atom is -0.380 e. The normalized spacial score (nSPS) is 20.1. The molecule has 6 heteroatoms. The first-order chi connectivity index (χ1) is 12.1. The predicted molar refractivity (Wildman–Crippen MR) is 120 cm³/mol. The van der Waals surface area contributed by atoms with Crippen LogP contribution in [0, 0.1) is 5.41 Å². The molecule has 1 aromatic carbocycles. The molecule has 0 amide bonds. The van der Waals surface area contributed by atoms with Crippen molar-refractivity contribution in [3.05, 3.63) is 29.8 Å². The molecule has 0 spiro atoms. The van der Waals surface area contributed by atoms with Gasteiger partial charge in [0.25, 0.3) is 0 Å². The van der Waals surface area contributed by atoms with Crippen LogP contribution in [0.2, 0.25) is 0 Å². The first-order valence-corrected chi connectivity index (χ1v) is 9.57. The molecule has 0 bridgehead atoms. The van der Waals surface area contributed by atoms with Crippen molar-refractivity contribution >= 4 is 35.6 Å². The van der Waals surface area contributed by atoms with Crippen LogP contribution in [0.4, 0.5) is 5.69 Å². The molecule has 3 rings (SSSR count). The third-order valence-corrected chi connectivity index (χ3v) is 5.06. The molecule has 2 fully saturated rings. The van der Waals surface area contributed by atoms with Crippen LogP contribution in [0.3, 0.4) is 0 Å². The van der Waals surface area contributed by atoms with Crippen LogP contribution in [-0.4, -0.2) is 45.4 Å². The molecule has 2 aliphatic heterocycles. The highest BCUT2D eigenvalue weighted by Crippen LogP contribution is 2.27. The van der Waals surface area contributed by atoms with Crippen LogP contribution in [0.1, 0.15) is 45.2 Å². The third-order valence-electron chi connectivity index (χ3n) is 5.06. The highest BCUT2D eigenvalue weighted by molar-refractivity contribution is 14.0. The molecular weight excluding hydrogens is 439 g/mol. The molecule has 0 radical (unpaired) electrons. The maximum absolute atomic E-state index is 5.33. The fraction of sp³-hybridized carbons (Fsp3) is 0.650. The van der Waals surface area contributed by atoms with Gasteiger partial charge in [0.05, 0.1) is 25.8 Å². The number of nitrogens with one attached hydrogen (secondary N) is 2. The molecule has 0 saturated carbocycles. The second kappa shape index (κ2) is 9.78. The van der Waals surface area contributed by atoms with E-state index in [1.807, 2.05) is 0 Å². The lowest BCUT2D eigenvalue weighted by molar-refractivity contribution is -0.0945. The second-order valence-electron chi connectivity index (χ2n) is 7.65. The van der Waals surface area contributed by atoms with Gasteiger partial charge in [0, 0.05) is 30.7 Å². The summed E-state index contributed by atoms with van der Waals surface area (Å²) in [6.45, 7) is 12.2. The fourth-order valence-electron chi connectivity index (χ4n) is 3.39. The zero-order valence-electron chi connectivity index (χ0n) is 16.3. The van der Waals surface area contributed by atoms with Crippen LogP contribution < -0.4 is 15.5 Å². The summed E-state index contributed by atoms with van der Waals surface area (Å²) in [5.41, 5.74) is 2.83. The number of guanidine groups is 1. The number of anilines is 1. The zero-order valence-corrected chi connectivity index (χ0v) is 18.6. The van der Waals surface area contributed by atoms with Gasteiger partial charge in [0.2, 0.25) is 0 Å². The Morgan fingerprint density at radius 2 is 2.04 bits per heavy atom. The molecule has 1 unspecified atom stereocenters. The van der Waals surface area contributed by atoms with Gasteiger partial charge in [-0.05, 0) is 44.4 Å². The number of nitrogens with zero attached hydrogens (tertiary/aromatic N) is 2. The van der Waals surface area contributed by atoms with Crippen molar-refractivity contribution in [3.8, 4) is 0 Å². The van der Waals surface area contributed by atoms with E-state index in [0.717, 1.165) is 32.3 Å². The van der Waals surface area contributed by atoms with Crippen molar-refractivity contribution in [2.75, 3.05) is 44.3 Å². The van der Waals surface area contributed by atoms with Gasteiger partial charge in [-0.15, -0.1) is 24.0 Å². The van der Waals surface area contributed by atoms with Crippen LogP contribution in [0.25, 0.3) is 0 Å². The SMILES string of the molecule is CCNC(=NCC1(C)COC1)NC(C)c1cccc(N2CCCC2)c1.I. The number of rotatable bonds is 6. The van der Waals surface area contributed by atoms with Crippen molar-refractivity contribution < 1.29 is 4.74 Å². The van der Waals surface area contributed by atoms with E-state index in [4.69, 9.17) is 9.73 Å². The summed E-state index contributed by atoms with van der Waals surface area (Å²) in [7, 11) is 0. The third kappa shape index (κ3) is 5.49. The van der Waals surface area contributed by atoms with E-state index in [0.29, 0.717) is 0 Å². The molecule has 26 heavy (non-hydrogen) atoms. The Hall–Kier alpha value is -1.02. The highest BCUT2D eigenvalue weighted by Gasteiger charge is 2.33. The van der Waals surface area contributed by atoms with E-state index >= 15 is 0 Å². The zero-order chi connectivity index (χ0) is 17.7. The molecule has 5 nitrogen and oxygen atoms in total. The molecule has 2 saturated heterocycles. The van der Waals surface area contributed by atoms with E-state index in [2.05, 4.69) is 60.6 Å². The molecule has 1 atom stereocenters. The molecule has 1 aromatic rings. The van der Waals surface area contributed by atoms with Crippen molar-refractivity contribution in [3.63, 3.8) is 0 Å². The van der Waals surface area contributed by atoms with E-state index in [1.165, 1.54) is 37.2 Å². The topological polar surface area (TPSA) is 48.9 Å². The number of hydrogen-bond donors (Lipinski definition) is 2. The fourth-order valence-corrected chi connectivity index (χ4v) is 3.39. The summed E-state index contributed by atoms with van der Waals surface area (Å²) in [4.78, 5) is 7.26. The van der Waals surface area contributed by atoms with Gasteiger partial charge in [0.1, 0.15) is 0 Å². The predicted octanol–water partition coefficient (Wildman–Crippen LogP) is 3.56. The van der Waals surface area contributed by atoms with Gasteiger partial charge in [-0.1, -0.05) is 19.1 Å². The maximum Gasteiger partial charge on any atom is 0.191 e. The van der Waals surface area contributed by atoms with Crippen LogP contribution >= 0.6 is 24.0 Å². The van der Waals surface area contributed by atoms with E-state index < -0.39 is 0 Å². The summed E-state index contributed by atoms with van der Waals surface area (Å²) >= 11 is 0. The molecule has 2 aliphatic rings.